The summed E-state index contributed by atoms with van der Waals surface area (Å²) in [5, 5.41) is 5.06. The smallest absolute Gasteiger partial charge is 0.288 e. The topological polar surface area (TPSA) is 108 Å². The third-order valence-electron chi connectivity index (χ3n) is 4.33. The standard InChI is InChI=1S/C22H26N4O4/c1-26(2)22(30)18(14-16-8-4-3-5-9-16)25-21(29)19(27)15-20(28)24-13-11-17-10-6-7-12-23-17/h3-10,12,18H,11,13-15H2,1-2H3,(H,24,28)(H,25,29). The van der Waals surface area contributed by atoms with E-state index in [2.05, 4.69) is 15.6 Å². The number of Topliss-reactive ketones (excluding diaryl/α,β-unsaturated/α-hetero) is 1. The van der Waals surface area contributed by atoms with Crippen molar-refractivity contribution in [3.05, 3.63) is 66.0 Å². The van der Waals surface area contributed by atoms with Gasteiger partial charge in [0.1, 0.15) is 6.04 Å². The molecule has 0 aliphatic rings. The Morgan fingerprint density at radius 2 is 1.70 bits per heavy atom. The molecule has 0 radical (unpaired) electrons. The van der Waals surface area contributed by atoms with Gasteiger partial charge in [-0.3, -0.25) is 24.2 Å². The van der Waals surface area contributed by atoms with Crippen molar-refractivity contribution >= 4 is 23.5 Å². The first-order valence-corrected chi connectivity index (χ1v) is 9.62. The van der Waals surface area contributed by atoms with E-state index >= 15 is 0 Å². The van der Waals surface area contributed by atoms with E-state index in [-0.39, 0.29) is 12.3 Å². The molecule has 1 atom stereocenters. The number of carbonyl (C=O) groups excluding carboxylic acids is 4. The van der Waals surface area contributed by atoms with Crippen LogP contribution in [0.2, 0.25) is 0 Å². The van der Waals surface area contributed by atoms with Gasteiger partial charge in [0.05, 0.1) is 6.42 Å². The first kappa shape index (κ1) is 22.7. The first-order chi connectivity index (χ1) is 14.4. The van der Waals surface area contributed by atoms with Gasteiger partial charge in [-0.25, -0.2) is 0 Å². The van der Waals surface area contributed by atoms with Crippen LogP contribution in [-0.2, 0) is 32.0 Å². The van der Waals surface area contributed by atoms with Gasteiger partial charge in [-0.2, -0.15) is 0 Å². The summed E-state index contributed by atoms with van der Waals surface area (Å²) in [6, 6.07) is 13.7. The van der Waals surface area contributed by atoms with Gasteiger partial charge in [-0.05, 0) is 17.7 Å². The van der Waals surface area contributed by atoms with Crippen molar-refractivity contribution < 1.29 is 19.2 Å². The lowest BCUT2D eigenvalue weighted by Gasteiger charge is -2.21. The molecule has 2 N–H and O–H groups in total. The van der Waals surface area contributed by atoms with Gasteiger partial charge in [-0.1, -0.05) is 36.4 Å². The maximum atomic E-state index is 12.4. The summed E-state index contributed by atoms with van der Waals surface area (Å²) in [4.78, 5) is 54.3. The monoisotopic (exact) mass is 410 g/mol. The van der Waals surface area contributed by atoms with Gasteiger partial charge in [-0.15, -0.1) is 0 Å². The van der Waals surface area contributed by atoms with Crippen LogP contribution in [0.3, 0.4) is 0 Å². The van der Waals surface area contributed by atoms with Crippen molar-refractivity contribution in [2.45, 2.75) is 25.3 Å². The number of amides is 3. The average molecular weight is 410 g/mol. The predicted octanol–water partition coefficient (Wildman–Crippen LogP) is 0.515. The Balaban J connectivity index is 1.86. The van der Waals surface area contributed by atoms with E-state index in [4.69, 9.17) is 0 Å². The number of nitrogens with zero attached hydrogens (tertiary/aromatic N) is 2. The average Bonchev–Trinajstić information content (AvgIpc) is 2.74. The van der Waals surface area contributed by atoms with Crippen molar-refractivity contribution in [3.8, 4) is 0 Å². The Kier molecular flexibility index (Phi) is 8.68. The molecule has 2 rings (SSSR count). The third-order valence-corrected chi connectivity index (χ3v) is 4.33. The second-order valence-electron chi connectivity index (χ2n) is 6.97. The van der Waals surface area contributed by atoms with Crippen molar-refractivity contribution in [1.82, 2.24) is 20.5 Å². The molecule has 2 aromatic rings. The molecule has 1 aromatic carbocycles. The number of benzene rings is 1. The fourth-order valence-corrected chi connectivity index (χ4v) is 2.76. The van der Waals surface area contributed by atoms with Crippen LogP contribution >= 0.6 is 0 Å². The van der Waals surface area contributed by atoms with Gasteiger partial charge in [0, 0.05) is 45.4 Å². The molecule has 1 unspecified atom stereocenters. The number of hydrogen-bond donors (Lipinski definition) is 2. The molecule has 0 saturated heterocycles. The zero-order valence-electron chi connectivity index (χ0n) is 17.1. The van der Waals surface area contributed by atoms with Crippen molar-refractivity contribution in [1.29, 1.82) is 0 Å². The van der Waals surface area contributed by atoms with Crippen LogP contribution in [0.5, 0.6) is 0 Å². The van der Waals surface area contributed by atoms with Crippen LogP contribution in [0.25, 0.3) is 0 Å². The molecular formula is C22H26N4O4. The molecule has 8 heteroatoms. The lowest BCUT2D eigenvalue weighted by molar-refractivity contribution is -0.142. The van der Waals surface area contributed by atoms with E-state index in [9.17, 15) is 19.2 Å². The predicted molar refractivity (Wildman–Crippen MR) is 111 cm³/mol. The molecule has 0 aliphatic heterocycles. The molecule has 30 heavy (non-hydrogen) atoms. The molecule has 0 saturated carbocycles. The zero-order chi connectivity index (χ0) is 21.9. The van der Waals surface area contributed by atoms with Crippen LogP contribution in [-0.4, -0.2) is 60.1 Å². The van der Waals surface area contributed by atoms with E-state index < -0.39 is 30.1 Å². The Morgan fingerprint density at radius 1 is 1.00 bits per heavy atom. The number of ketones is 1. The molecule has 0 spiro atoms. The van der Waals surface area contributed by atoms with E-state index in [0.29, 0.717) is 13.0 Å². The highest BCUT2D eigenvalue weighted by Crippen LogP contribution is 2.05. The third kappa shape index (κ3) is 7.46. The van der Waals surface area contributed by atoms with Crippen molar-refractivity contribution in [3.63, 3.8) is 0 Å². The largest absolute Gasteiger partial charge is 0.355 e. The maximum absolute atomic E-state index is 12.4. The van der Waals surface area contributed by atoms with E-state index in [1.54, 1.807) is 26.4 Å². The SMILES string of the molecule is CN(C)C(=O)C(Cc1ccccc1)NC(=O)C(=O)CC(=O)NCCc1ccccn1. The van der Waals surface area contributed by atoms with Crippen LogP contribution in [0.1, 0.15) is 17.7 Å². The minimum atomic E-state index is -0.953. The number of nitrogens with one attached hydrogen (secondary N) is 2. The molecular weight excluding hydrogens is 384 g/mol. The summed E-state index contributed by atoms with van der Waals surface area (Å²) in [6.07, 6.45) is 1.84. The summed E-state index contributed by atoms with van der Waals surface area (Å²) in [5.74, 6) is -2.73. The molecule has 3 amide bonds. The summed E-state index contributed by atoms with van der Waals surface area (Å²) >= 11 is 0. The lowest BCUT2D eigenvalue weighted by atomic mass is 10.0. The highest BCUT2D eigenvalue weighted by atomic mass is 16.2. The van der Waals surface area contributed by atoms with Crippen molar-refractivity contribution in [2.75, 3.05) is 20.6 Å². The normalized spacial score (nSPS) is 11.3. The molecule has 8 nitrogen and oxygen atoms in total. The number of aromatic nitrogens is 1. The van der Waals surface area contributed by atoms with E-state index in [1.165, 1.54) is 4.90 Å². The first-order valence-electron chi connectivity index (χ1n) is 9.62. The van der Waals surface area contributed by atoms with Crippen LogP contribution in [0, 0.1) is 0 Å². The Hall–Kier alpha value is -3.55. The number of rotatable bonds is 10. The lowest BCUT2D eigenvalue weighted by Crippen LogP contribution is -2.50. The maximum Gasteiger partial charge on any atom is 0.288 e. The Bertz CT molecular complexity index is 869. The number of hydrogen-bond acceptors (Lipinski definition) is 5. The fourth-order valence-electron chi connectivity index (χ4n) is 2.76. The van der Waals surface area contributed by atoms with E-state index in [1.807, 2.05) is 42.5 Å². The zero-order valence-corrected chi connectivity index (χ0v) is 17.1. The molecule has 158 valence electrons. The van der Waals surface area contributed by atoms with Crippen molar-refractivity contribution in [2.24, 2.45) is 0 Å². The summed E-state index contributed by atoms with van der Waals surface area (Å²) in [7, 11) is 3.15. The molecule has 1 aromatic heterocycles. The number of pyridine rings is 1. The summed E-state index contributed by atoms with van der Waals surface area (Å²) in [6.45, 7) is 0.306. The van der Waals surface area contributed by atoms with Gasteiger partial charge < -0.3 is 15.5 Å². The van der Waals surface area contributed by atoms with Gasteiger partial charge >= 0.3 is 0 Å². The Morgan fingerprint density at radius 3 is 2.33 bits per heavy atom. The highest BCUT2D eigenvalue weighted by molar-refractivity contribution is 6.39. The van der Waals surface area contributed by atoms with Crippen LogP contribution < -0.4 is 10.6 Å². The minimum absolute atomic E-state index is 0.243. The van der Waals surface area contributed by atoms with Crippen LogP contribution in [0.15, 0.2) is 54.7 Å². The fraction of sp³-hybridized carbons (Fsp3) is 0.318. The molecule has 0 bridgehead atoms. The number of likely N-dealkylation sites (N-methyl/N-ethyl adjacent to an activating group) is 1. The van der Waals surface area contributed by atoms with Gasteiger partial charge in [0.2, 0.25) is 17.6 Å². The van der Waals surface area contributed by atoms with Gasteiger partial charge in [0.15, 0.2) is 0 Å². The summed E-state index contributed by atoms with van der Waals surface area (Å²) < 4.78 is 0. The second kappa shape index (κ2) is 11.5. The summed E-state index contributed by atoms with van der Waals surface area (Å²) in [5.41, 5.74) is 1.66. The van der Waals surface area contributed by atoms with E-state index in [0.717, 1.165) is 11.3 Å². The van der Waals surface area contributed by atoms with Crippen LogP contribution in [0.4, 0.5) is 0 Å². The second-order valence-corrected chi connectivity index (χ2v) is 6.97. The molecule has 0 fully saturated rings. The Labute approximate surface area is 175 Å². The minimum Gasteiger partial charge on any atom is -0.355 e. The number of carbonyl (C=O) groups is 4. The highest BCUT2D eigenvalue weighted by Gasteiger charge is 2.26. The molecule has 0 aliphatic carbocycles. The molecule has 1 heterocycles. The quantitative estimate of drug-likeness (QED) is 0.438. The van der Waals surface area contributed by atoms with Gasteiger partial charge in [0.25, 0.3) is 5.91 Å².